The van der Waals surface area contributed by atoms with Gasteiger partial charge < -0.3 is 14.8 Å². The van der Waals surface area contributed by atoms with Gasteiger partial charge >= 0.3 is 5.69 Å². The maximum absolute atomic E-state index is 11.1. The van der Waals surface area contributed by atoms with Crippen LogP contribution in [-0.4, -0.2) is 26.2 Å². The Morgan fingerprint density at radius 1 is 1.28 bits per heavy atom. The molecule has 0 saturated carbocycles. The lowest BCUT2D eigenvalue weighted by Gasteiger charge is -2.25. The molecular formula is C12H18N2O4. The molecule has 0 radical (unpaired) electrons. The summed E-state index contributed by atoms with van der Waals surface area (Å²) in [6.07, 6.45) is 0. The third kappa shape index (κ3) is 2.53. The molecule has 1 rings (SSSR count). The van der Waals surface area contributed by atoms with Crippen molar-refractivity contribution in [2.75, 3.05) is 21.3 Å². The summed E-state index contributed by atoms with van der Waals surface area (Å²) in [7, 11) is 4.63. The summed E-state index contributed by atoms with van der Waals surface area (Å²) >= 11 is 0. The Labute approximate surface area is 106 Å². The number of nitro groups is 1. The molecule has 0 heterocycles. The van der Waals surface area contributed by atoms with E-state index in [0.717, 1.165) is 5.56 Å². The molecule has 0 saturated heterocycles. The highest BCUT2D eigenvalue weighted by atomic mass is 16.6. The highest BCUT2D eigenvalue weighted by Gasteiger charge is 2.27. The van der Waals surface area contributed by atoms with Crippen LogP contribution in [0.4, 0.5) is 5.69 Å². The summed E-state index contributed by atoms with van der Waals surface area (Å²) in [4.78, 5) is 10.6. The van der Waals surface area contributed by atoms with E-state index in [-0.39, 0.29) is 11.4 Å². The number of hydrogen-bond donors (Lipinski definition) is 1. The van der Waals surface area contributed by atoms with Gasteiger partial charge in [-0.05, 0) is 32.5 Å². The zero-order valence-electron chi connectivity index (χ0n) is 11.2. The van der Waals surface area contributed by atoms with Crippen molar-refractivity contribution in [1.82, 2.24) is 5.32 Å². The third-order valence-corrected chi connectivity index (χ3v) is 3.00. The van der Waals surface area contributed by atoms with E-state index in [1.807, 2.05) is 13.8 Å². The van der Waals surface area contributed by atoms with E-state index in [9.17, 15) is 10.1 Å². The Morgan fingerprint density at radius 2 is 1.89 bits per heavy atom. The molecule has 0 fully saturated rings. The van der Waals surface area contributed by atoms with E-state index < -0.39 is 10.5 Å². The number of ether oxygens (including phenoxy) is 2. The SMILES string of the molecule is CNC(C)(C)c1cc(OC)c(OC)c([N+](=O)[O-])c1. The van der Waals surface area contributed by atoms with Crippen LogP contribution in [0, 0.1) is 10.1 Å². The van der Waals surface area contributed by atoms with Gasteiger partial charge in [0.05, 0.1) is 19.1 Å². The third-order valence-electron chi connectivity index (χ3n) is 3.00. The first-order valence-electron chi connectivity index (χ1n) is 5.47. The summed E-state index contributed by atoms with van der Waals surface area (Å²) in [5.41, 5.74) is 0.258. The maximum atomic E-state index is 11.1. The molecular weight excluding hydrogens is 236 g/mol. The van der Waals surface area contributed by atoms with Crippen LogP contribution in [0.15, 0.2) is 12.1 Å². The Balaban J connectivity index is 3.51. The molecule has 6 heteroatoms. The number of rotatable bonds is 5. The quantitative estimate of drug-likeness (QED) is 0.643. The molecule has 6 nitrogen and oxygen atoms in total. The fourth-order valence-corrected chi connectivity index (χ4v) is 1.59. The van der Waals surface area contributed by atoms with Crippen LogP contribution in [0.25, 0.3) is 0 Å². The van der Waals surface area contributed by atoms with Crippen LogP contribution >= 0.6 is 0 Å². The highest BCUT2D eigenvalue weighted by molar-refractivity contribution is 5.59. The number of nitro benzene ring substituents is 1. The van der Waals surface area contributed by atoms with E-state index in [2.05, 4.69) is 5.32 Å². The molecule has 0 aliphatic heterocycles. The topological polar surface area (TPSA) is 73.6 Å². The van der Waals surface area contributed by atoms with Crippen LogP contribution in [0.2, 0.25) is 0 Å². The van der Waals surface area contributed by atoms with Gasteiger partial charge in [0.25, 0.3) is 0 Å². The summed E-state index contributed by atoms with van der Waals surface area (Å²) in [5.74, 6) is 0.489. The molecule has 0 unspecified atom stereocenters. The molecule has 1 aromatic carbocycles. The number of methoxy groups -OCH3 is 2. The largest absolute Gasteiger partial charge is 0.493 e. The van der Waals surface area contributed by atoms with Crippen molar-refractivity contribution in [3.63, 3.8) is 0 Å². The van der Waals surface area contributed by atoms with Crippen molar-refractivity contribution in [3.8, 4) is 11.5 Å². The molecule has 0 aliphatic rings. The van der Waals surface area contributed by atoms with Gasteiger partial charge in [-0.25, -0.2) is 0 Å². The lowest BCUT2D eigenvalue weighted by atomic mass is 9.93. The van der Waals surface area contributed by atoms with E-state index in [0.29, 0.717) is 5.75 Å². The molecule has 1 aromatic rings. The second-order valence-corrected chi connectivity index (χ2v) is 4.36. The molecule has 0 aliphatic carbocycles. The minimum Gasteiger partial charge on any atom is -0.493 e. The average molecular weight is 254 g/mol. The predicted molar refractivity (Wildman–Crippen MR) is 68.3 cm³/mol. The van der Waals surface area contributed by atoms with Gasteiger partial charge in [-0.3, -0.25) is 10.1 Å². The van der Waals surface area contributed by atoms with E-state index in [1.54, 1.807) is 13.1 Å². The van der Waals surface area contributed by atoms with Crippen molar-refractivity contribution in [1.29, 1.82) is 0 Å². The lowest BCUT2D eigenvalue weighted by molar-refractivity contribution is -0.385. The Hall–Kier alpha value is -1.82. The summed E-state index contributed by atoms with van der Waals surface area (Å²) in [6, 6.07) is 3.24. The van der Waals surface area contributed by atoms with Crippen molar-refractivity contribution in [3.05, 3.63) is 27.8 Å². The maximum Gasteiger partial charge on any atom is 0.315 e. The van der Waals surface area contributed by atoms with Crippen LogP contribution in [0.3, 0.4) is 0 Å². The van der Waals surface area contributed by atoms with Gasteiger partial charge in [-0.15, -0.1) is 0 Å². The lowest BCUT2D eigenvalue weighted by Crippen LogP contribution is -2.33. The van der Waals surface area contributed by atoms with Gasteiger partial charge in [0.15, 0.2) is 5.75 Å². The molecule has 100 valence electrons. The van der Waals surface area contributed by atoms with E-state index in [1.165, 1.54) is 20.3 Å². The summed E-state index contributed by atoms with van der Waals surface area (Å²) < 4.78 is 10.2. The van der Waals surface area contributed by atoms with Gasteiger partial charge in [0.1, 0.15) is 0 Å². The van der Waals surface area contributed by atoms with Crippen molar-refractivity contribution >= 4 is 5.69 Å². The van der Waals surface area contributed by atoms with E-state index >= 15 is 0 Å². The standard InChI is InChI=1S/C12H18N2O4/c1-12(2,13-3)8-6-9(14(15)16)11(18-5)10(7-8)17-4/h6-7,13H,1-5H3. The van der Waals surface area contributed by atoms with Crippen molar-refractivity contribution < 1.29 is 14.4 Å². The second-order valence-electron chi connectivity index (χ2n) is 4.36. The average Bonchev–Trinajstić information content (AvgIpc) is 2.36. The minimum absolute atomic E-state index is 0.102. The Morgan fingerprint density at radius 3 is 2.28 bits per heavy atom. The van der Waals surface area contributed by atoms with Crippen LogP contribution in [0.1, 0.15) is 19.4 Å². The zero-order valence-corrected chi connectivity index (χ0v) is 11.2. The molecule has 1 N–H and O–H groups in total. The normalized spacial score (nSPS) is 11.2. The highest BCUT2D eigenvalue weighted by Crippen LogP contribution is 2.40. The molecule has 0 amide bonds. The van der Waals surface area contributed by atoms with Gasteiger partial charge in [-0.2, -0.15) is 0 Å². The molecule has 0 bridgehead atoms. The first-order valence-corrected chi connectivity index (χ1v) is 5.47. The van der Waals surface area contributed by atoms with Crippen molar-refractivity contribution in [2.45, 2.75) is 19.4 Å². The molecule has 0 spiro atoms. The monoisotopic (exact) mass is 254 g/mol. The second kappa shape index (κ2) is 5.22. The van der Waals surface area contributed by atoms with Gasteiger partial charge in [0.2, 0.25) is 5.75 Å². The van der Waals surface area contributed by atoms with E-state index in [4.69, 9.17) is 9.47 Å². The van der Waals surface area contributed by atoms with Crippen molar-refractivity contribution in [2.24, 2.45) is 0 Å². The first kappa shape index (κ1) is 14.2. The number of nitrogens with zero attached hydrogens (tertiary/aromatic N) is 1. The summed E-state index contributed by atoms with van der Waals surface area (Å²) in [6.45, 7) is 3.86. The zero-order chi connectivity index (χ0) is 13.9. The number of nitrogens with one attached hydrogen (secondary N) is 1. The van der Waals surface area contributed by atoms with Gasteiger partial charge in [0, 0.05) is 11.6 Å². The molecule has 0 aromatic heterocycles. The Kier molecular flexibility index (Phi) is 4.13. The predicted octanol–water partition coefficient (Wildman–Crippen LogP) is 2.07. The number of hydrogen-bond acceptors (Lipinski definition) is 5. The fourth-order valence-electron chi connectivity index (χ4n) is 1.59. The van der Waals surface area contributed by atoms with Crippen LogP contribution in [-0.2, 0) is 5.54 Å². The molecule has 18 heavy (non-hydrogen) atoms. The van der Waals surface area contributed by atoms with Gasteiger partial charge in [-0.1, -0.05) is 0 Å². The van der Waals surface area contributed by atoms with Crippen LogP contribution < -0.4 is 14.8 Å². The molecule has 0 atom stereocenters. The minimum atomic E-state index is -0.476. The summed E-state index contributed by atoms with van der Waals surface area (Å²) in [5, 5.41) is 14.2. The smallest absolute Gasteiger partial charge is 0.315 e. The Bertz CT molecular complexity index is 458. The van der Waals surface area contributed by atoms with Crippen LogP contribution in [0.5, 0.6) is 11.5 Å². The number of benzene rings is 1. The first-order chi connectivity index (χ1) is 8.37. The fraction of sp³-hybridized carbons (Fsp3) is 0.500.